The van der Waals surface area contributed by atoms with Gasteiger partial charge >= 0.3 is 0 Å². The fourth-order valence-corrected chi connectivity index (χ4v) is 3.27. The molecule has 1 atom stereocenters. The first-order valence-corrected chi connectivity index (χ1v) is 8.32. The van der Waals surface area contributed by atoms with Crippen molar-refractivity contribution in [1.29, 1.82) is 0 Å². The molecule has 0 aliphatic rings. The maximum Gasteiger partial charge on any atom is 0.0449 e. The summed E-state index contributed by atoms with van der Waals surface area (Å²) in [5.41, 5.74) is 1.53. The van der Waals surface area contributed by atoms with Gasteiger partial charge in [-0.1, -0.05) is 60.8 Å². The second-order valence-electron chi connectivity index (χ2n) is 5.65. The van der Waals surface area contributed by atoms with Gasteiger partial charge in [0.2, 0.25) is 0 Å². The maximum atomic E-state index is 6.35. The topological polar surface area (TPSA) is 12.0 Å². The summed E-state index contributed by atoms with van der Waals surface area (Å²) in [6.07, 6.45) is 4.64. The van der Waals surface area contributed by atoms with E-state index in [9.17, 15) is 0 Å². The fourth-order valence-electron chi connectivity index (χ4n) is 2.53. The molecule has 1 aromatic carbocycles. The lowest BCUT2D eigenvalue weighted by atomic mass is 9.79. The highest BCUT2D eigenvalue weighted by Gasteiger charge is 2.24. The van der Waals surface area contributed by atoms with Crippen molar-refractivity contribution >= 4 is 27.5 Å². The molecule has 0 aliphatic heterocycles. The quantitative estimate of drug-likeness (QED) is 0.617. The second-order valence-corrected chi connectivity index (χ2v) is 6.97. The van der Waals surface area contributed by atoms with E-state index in [-0.39, 0.29) is 5.41 Å². The van der Waals surface area contributed by atoms with E-state index in [1.807, 2.05) is 6.07 Å². The van der Waals surface area contributed by atoms with Crippen molar-refractivity contribution in [1.82, 2.24) is 5.32 Å². The number of hydrogen-bond donors (Lipinski definition) is 1. The Morgan fingerprint density at radius 1 is 1.26 bits per heavy atom. The molecular formula is C16H25BrClN. The third-order valence-corrected chi connectivity index (χ3v) is 4.31. The molecule has 0 aromatic heterocycles. The predicted octanol–water partition coefficient (Wildman–Crippen LogP) is 5.45. The van der Waals surface area contributed by atoms with Crippen LogP contribution in [0.15, 0.2) is 22.7 Å². The number of nitrogens with one attached hydrogen (secondary N) is 1. The van der Waals surface area contributed by atoms with Gasteiger partial charge in [0.15, 0.2) is 0 Å². The van der Waals surface area contributed by atoms with E-state index < -0.39 is 0 Å². The maximum absolute atomic E-state index is 6.35. The molecule has 0 amide bonds. The summed E-state index contributed by atoms with van der Waals surface area (Å²) < 4.78 is 1.04. The van der Waals surface area contributed by atoms with E-state index in [0.717, 1.165) is 29.0 Å². The lowest BCUT2D eigenvalue weighted by Crippen LogP contribution is -2.34. The Morgan fingerprint density at radius 3 is 2.58 bits per heavy atom. The molecule has 0 aliphatic carbocycles. The number of rotatable bonds is 8. The van der Waals surface area contributed by atoms with E-state index >= 15 is 0 Å². The van der Waals surface area contributed by atoms with Crippen LogP contribution in [-0.2, 0) is 6.42 Å². The molecule has 1 nitrogen and oxygen atoms in total. The molecule has 0 fully saturated rings. The van der Waals surface area contributed by atoms with E-state index in [2.05, 4.69) is 54.2 Å². The standard InChI is InChI=1S/C16H25BrClN/c1-4-8-16(3,12-19-9-5-2)11-13-6-7-14(17)10-15(13)18/h6-7,10,19H,4-5,8-9,11-12H2,1-3H3. The van der Waals surface area contributed by atoms with Crippen LogP contribution in [0.25, 0.3) is 0 Å². The summed E-state index contributed by atoms with van der Waals surface area (Å²) in [6, 6.07) is 6.20. The molecule has 1 aromatic rings. The highest BCUT2D eigenvalue weighted by molar-refractivity contribution is 9.10. The molecular weight excluding hydrogens is 322 g/mol. The number of benzene rings is 1. The van der Waals surface area contributed by atoms with Crippen LogP contribution >= 0.6 is 27.5 Å². The van der Waals surface area contributed by atoms with Crippen molar-refractivity contribution in [2.24, 2.45) is 5.41 Å². The Bertz CT molecular complexity index is 394. The SMILES string of the molecule is CCCNCC(C)(CCC)Cc1ccc(Br)cc1Cl. The van der Waals surface area contributed by atoms with Crippen molar-refractivity contribution in [3.05, 3.63) is 33.3 Å². The van der Waals surface area contributed by atoms with Crippen LogP contribution < -0.4 is 5.32 Å². The molecule has 1 rings (SSSR count). The molecule has 3 heteroatoms. The minimum absolute atomic E-state index is 0.279. The largest absolute Gasteiger partial charge is 0.316 e. The third kappa shape index (κ3) is 5.85. The van der Waals surface area contributed by atoms with Crippen LogP contribution in [0.5, 0.6) is 0 Å². The van der Waals surface area contributed by atoms with Crippen molar-refractivity contribution in [3.63, 3.8) is 0 Å². The fraction of sp³-hybridized carbons (Fsp3) is 0.625. The van der Waals surface area contributed by atoms with Gasteiger partial charge in [-0.25, -0.2) is 0 Å². The molecule has 19 heavy (non-hydrogen) atoms. The summed E-state index contributed by atoms with van der Waals surface area (Å²) in [5, 5.41) is 4.43. The normalized spacial score (nSPS) is 14.4. The van der Waals surface area contributed by atoms with Crippen LogP contribution in [0.3, 0.4) is 0 Å². The van der Waals surface area contributed by atoms with E-state index in [1.54, 1.807) is 0 Å². The monoisotopic (exact) mass is 345 g/mol. The van der Waals surface area contributed by atoms with Crippen molar-refractivity contribution in [2.45, 2.75) is 46.5 Å². The van der Waals surface area contributed by atoms with Gasteiger partial charge in [0.1, 0.15) is 0 Å². The van der Waals surface area contributed by atoms with Crippen LogP contribution in [0.4, 0.5) is 0 Å². The van der Waals surface area contributed by atoms with Gasteiger partial charge in [0.25, 0.3) is 0 Å². The molecule has 0 bridgehead atoms. The first-order valence-electron chi connectivity index (χ1n) is 7.15. The number of hydrogen-bond acceptors (Lipinski definition) is 1. The zero-order valence-electron chi connectivity index (χ0n) is 12.2. The average Bonchev–Trinajstić information content (AvgIpc) is 2.34. The van der Waals surface area contributed by atoms with E-state index in [0.29, 0.717) is 0 Å². The minimum atomic E-state index is 0.279. The summed E-state index contributed by atoms with van der Waals surface area (Å²) in [6.45, 7) is 8.96. The van der Waals surface area contributed by atoms with E-state index in [4.69, 9.17) is 11.6 Å². The molecule has 0 radical (unpaired) electrons. The third-order valence-electron chi connectivity index (χ3n) is 3.46. The highest BCUT2D eigenvalue weighted by Crippen LogP contribution is 2.31. The molecule has 108 valence electrons. The summed E-state index contributed by atoms with van der Waals surface area (Å²) in [7, 11) is 0. The molecule has 0 heterocycles. The smallest absolute Gasteiger partial charge is 0.0449 e. The van der Waals surface area contributed by atoms with Gasteiger partial charge in [-0.15, -0.1) is 0 Å². The van der Waals surface area contributed by atoms with Crippen molar-refractivity contribution in [2.75, 3.05) is 13.1 Å². The zero-order valence-corrected chi connectivity index (χ0v) is 14.6. The average molecular weight is 347 g/mol. The molecule has 1 N–H and O–H groups in total. The van der Waals surface area contributed by atoms with Gasteiger partial charge in [0, 0.05) is 16.0 Å². The van der Waals surface area contributed by atoms with E-state index in [1.165, 1.54) is 24.8 Å². The zero-order chi connectivity index (χ0) is 14.3. The summed E-state index contributed by atoms with van der Waals surface area (Å²) >= 11 is 9.81. The lowest BCUT2D eigenvalue weighted by molar-refractivity contribution is 0.275. The highest BCUT2D eigenvalue weighted by atomic mass is 79.9. The lowest BCUT2D eigenvalue weighted by Gasteiger charge is -2.30. The van der Waals surface area contributed by atoms with Gasteiger partial charge in [-0.05, 0) is 48.9 Å². The molecule has 0 saturated heterocycles. The van der Waals surface area contributed by atoms with Gasteiger partial charge in [-0.3, -0.25) is 0 Å². The van der Waals surface area contributed by atoms with Crippen LogP contribution in [0.2, 0.25) is 5.02 Å². The van der Waals surface area contributed by atoms with Crippen LogP contribution in [-0.4, -0.2) is 13.1 Å². The predicted molar refractivity (Wildman–Crippen MR) is 89.0 cm³/mol. The first-order chi connectivity index (χ1) is 9.00. The Morgan fingerprint density at radius 2 is 2.00 bits per heavy atom. The first kappa shape index (κ1) is 17.0. The van der Waals surface area contributed by atoms with Crippen LogP contribution in [0.1, 0.15) is 45.6 Å². The van der Waals surface area contributed by atoms with Gasteiger partial charge in [0.05, 0.1) is 0 Å². The van der Waals surface area contributed by atoms with Crippen LogP contribution in [0, 0.1) is 5.41 Å². The Labute approximate surface area is 131 Å². The van der Waals surface area contributed by atoms with Gasteiger partial charge in [-0.2, -0.15) is 0 Å². The molecule has 0 spiro atoms. The van der Waals surface area contributed by atoms with Crippen molar-refractivity contribution in [3.8, 4) is 0 Å². The Hall–Kier alpha value is -0.0500. The molecule has 0 saturated carbocycles. The minimum Gasteiger partial charge on any atom is -0.316 e. The summed E-state index contributed by atoms with van der Waals surface area (Å²) in [5.74, 6) is 0. The number of halogens is 2. The Balaban J connectivity index is 2.75. The summed E-state index contributed by atoms with van der Waals surface area (Å²) in [4.78, 5) is 0. The van der Waals surface area contributed by atoms with Crippen molar-refractivity contribution < 1.29 is 0 Å². The second kappa shape index (κ2) is 8.28. The molecule has 1 unspecified atom stereocenters. The Kier molecular flexibility index (Phi) is 7.41. The van der Waals surface area contributed by atoms with Gasteiger partial charge < -0.3 is 5.32 Å².